The van der Waals surface area contributed by atoms with Crippen molar-refractivity contribution in [2.45, 2.75) is 0 Å². The van der Waals surface area contributed by atoms with Crippen LogP contribution in [0, 0.1) is 0 Å². The van der Waals surface area contributed by atoms with E-state index in [9.17, 15) is 4.57 Å². The van der Waals surface area contributed by atoms with E-state index >= 15 is 0 Å². The number of piperazine rings is 1. The minimum Gasteiger partial charge on any atom is -0.494 e. The van der Waals surface area contributed by atoms with Crippen LogP contribution in [0.1, 0.15) is 0 Å². The van der Waals surface area contributed by atoms with Gasteiger partial charge in [0, 0.05) is 73.8 Å². The van der Waals surface area contributed by atoms with E-state index in [1.807, 2.05) is 43.7 Å². The molecule has 10 nitrogen and oxygen atoms in total. The van der Waals surface area contributed by atoms with Crippen LogP contribution in [0.5, 0.6) is 5.75 Å². The summed E-state index contributed by atoms with van der Waals surface area (Å²) in [4.78, 5) is 11.6. The largest absolute Gasteiger partial charge is 0.494 e. The fourth-order valence-corrected chi connectivity index (χ4v) is 6.05. The number of halogens is 1. The Hall–Kier alpha value is -3.40. The van der Waals surface area contributed by atoms with Crippen molar-refractivity contribution in [3.63, 3.8) is 0 Å². The highest BCUT2D eigenvalue weighted by molar-refractivity contribution is 9.10. The zero-order valence-corrected chi connectivity index (χ0v) is 24.9. The molecule has 39 heavy (non-hydrogen) atoms. The molecule has 3 N–H and O–H groups in total. The molecule has 1 aliphatic rings. The van der Waals surface area contributed by atoms with Crippen LogP contribution in [0.25, 0.3) is 11.1 Å². The summed E-state index contributed by atoms with van der Waals surface area (Å²) in [5.41, 5.74) is 4.62. The number of nitrogens with zero attached hydrogens (tertiary/aromatic N) is 5. The Balaban J connectivity index is 1.51. The van der Waals surface area contributed by atoms with E-state index in [0.717, 1.165) is 59.7 Å². The lowest BCUT2D eigenvalue weighted by atomic mass is 10.0. The Morgan fingerprint density at radius 1 is 1.08 bits per heavy atom. The highest BCUT2D eigenvalue weighted by Crippen LogP contribution is 2.41. The van der Waals surface area contributed by atoms with Gasteiger partial charge in [0.1, 0.15) is 18.7 Å². The first-order valence-corrected chi connectivity index (χ1v) is 16.0. The number of para-hydroxylation sites is 1. The lowest BCUT2D eigenvalue weighted by Crippen LogP contribution is -2.43. The topological polar surface area (TPSA) is 109 Å². The summed E-state index contributed by atoms with van der Waals surface area (Å²) in [7, 11) is 1.07. The highest BCUT2D eigenvalue weighted by Gasteiger charge is 2.21. The minimum absolute atomic E-state index is 0.389. The van der Waals surface area contributed by atoms with Crippen LogP contribution >= 0.6 is 23.1 Å². The fourth-order valence-electron chi connectivity index (χ4n) is 4.61. The van der Waals surface area contributed by atoms with E-state index < -0.39 is 7.14 Å². The molecule has 0 unspecified atom stereocenters. The van der Waals surface area contributed by atoms with Crippen molar-refractivity contribution < 1.29 is 9.30 Å². The molecule has 0 atom stereocenters. The summed E-state index contributed by atoms with van der Waals surface area (Å²) >= 11 is 3.55. The maximum atomic E-state index is 12.9. The molecule has 0 amide bonds. The molecule has 1 aliphatic heterocycles. The van der Waals surface area contributed by atoms with Crippen molar-refractivity contribution >= 4 is 57.2 Å². The summed E-state index contributed by atoms with van der Waals surface area (Å²) in [6.45, 7) is 7.16. The van der Waals surface area contributed by atoms with Gasteiger partial charge in [-0.2, -0.15) is 10.1 Å². The minimum atomic E-state index is -2.50. The summed E-state index contributed by atoms with van der Waals surface area (Å²) in [5.74, 6) is 1.62. The molecule has 204 valence electrons. The number of ether oxygens (including phenoxy) is 1. The summed E-state index contributed by atoms with van der Waals surface area (Å²) in [6, 6.07) is 11.7. The van der Waals surface area contributed by atoms with E-state index in [1.54, 1.807) is 31.3 Å². The molecule has 12 heteroatoms. The van der Waals surface area contributed by atoms with Crippen LogP contribution in [0.15, 0.2) is 59.5 Å². The van der Waals surface area contributed by atoms with E-state index in [2.05, 4.69) is 59.0 Å². The van der Waals surface area contributed by atoms with Crippen molar-refractivity contribution in [1.29, 1.82) is 0 Å². The summed E-state index contributed by atoms with van der Waals surface area (Å²) < 4.78 is 21.2. The predicted octanol–water partition coefficient (Wildman–Crippen LogP) is 4.79. The van der Waals surface area contributed by atoms with Gasteiger partial charge in [-0.1, -0.05) is 12.1 Å². The van der Waals surface area contributed by atoms with Crippen molar-refractivity contribution in [2.24, 2.45) is 7.05 Å². The van der Waals surface area contributed by atoms with Gasteiger partial charge in [0.2, 0.25) is 5.95 Å². The molecular weight excluding hydrogens is 579 g/mol. The molecule has 3 heterocycles. The first-order chi connectivity index (χ1) is 18.7. The molecule has 0 bridgehead atoms. The molecule has 0 aliphatic carbocycles. The second kappa shape index (κ2) is 11.4. The van der Waals surface area contributed by atoms with Gasteiger partial charge in [0.15, 0.2) is 0 Å². The van der Waals surface area contributed by atoms with Crippen molar-refractivity contribution in [2.75, 3.05) is 62.2 Å². The molecule has 1 fully saturated rings. The van der Waals surface area contributed by atoms with Crippen molar-refractivity contribution in [1.82, 2.24) is 25.1 Å². The first kappa shape index (κ1) is 27.2. The smallest absolute Gasteiger partial charge is 0.229 e. The van der Waals surface area contributed by atoms with Gasteiger partial charge in [0.25, 0.3) is 0 Å². The van der Waals surface area contributed by atoms with Crippen LogP contribution in [0.2, 0.25) is 0 Å². The average Bonchev–Trinajstić information content (AvgIpc) is 3.36. The van der Waals surface area contributed by atoms with E-state index in [4.69, 9.17) is 9.72 Å². The van der Waals surface area contributed by atoms with Gasteiger partial charge in [-0.3, -0.25) is 4.68 Å². The van der Waals surface area contributed by atoms with Gasteiger partial charge < -0.3 is 30.2 Å². The number of aryl methyl sites for hydroxylation is 1. The molecule has 0 radical (unpaired) electrons. The molecule has 0 saturated carbocycles. The quantitative estimate of drug-likeness (QED) is 0.242. The maximum Gasteiger partial charge on any atom is 0.229 e. The molecule has 5 rings (SSSR count). The number of nitrogens with one attached hydrogen (secondary N) is 3. The van der Waals surface area contributed by atoms with Crippen LogP contribution < -0.4 is 30.9 Å². The molecular formula is C27H32BrN8O2P. The number of rotatable bonds is 8. The van der Waals surface area contributed by atoms with E-state index in [1.165, 1.54) is 0 Å². The van der Waals surface area contributed by atoms with Crippen LogP contribution in [-0.2, 0) is 11.6 Å². The van der Waals surface area contributed by atoms with Gasteiger partial charge in [0.05, 0.1) is 29.2 Å². The fraction of sp³-hybridized carbons (Fsp3) is 0.296. The zero-order chi connectivity index (χ0) is 27.6. The van der Waals surface area contributed by atoms with Gasteiger partial charge in [-0.25, -0.2) is 4.98 Å². The number of hydrogen-bond acceptors (Lipinski definition) is 9. The normalized spacial score (nSPS) is 13.8. The molecule has 4 aromatic rings. The van der Waals surface area contributed by atoms with Crippen molar-refractivity contribution in [3.8, 4) is 16.9 Å². The number of aromatic nitrogens is 4. The van der Waals surface area contributed by atoms with E-state index in [0.29, 0.717) is 22.0 Å². The van der Waals surface area contributed by atoms with Crippen LogP contribution in [0.3, 0.4) is 0 Å². The predicted molar refractivity (Wildman–Crippen MR) is 162 cm³/mol. The number of anilines is 5. The maximum absolute atomic E-state index is 12.9. The van der Waals surface area contributed by atoms with Gasteiger partial charge in [-0.15, -0.1) is 0 Å². The molecule has 1 saturated heterocycles. The van der Waals surface area contributed by atoms with Crippen LogP contribution in [0.4, 0.5) is 28.8 Å². The Morgan fingerprint density at radius 2 is 1.85 bits per heavy atom. The van der Waals surface area contributed by atoms with Gasteiger partial charge in [-0.05, 0) is 47.5 Å². The number of methoxy groups -OCH3 is 1. The zero-order valence-electron chi connectivity index (χ0n) is 22.4. The van der Waals surface area contributed by atoms with Crippen molar-refractivity contribution in [3.05, 3.63) is 59.5 Å². The number of hydrogen-bond donors (Lipinski definition) is 3. The Morgan fingerprint density at radius 3 is 2.54 bits per heavy atom. The second-order valence-corrected chi connectivity index (χ2v) is 13.8. The summed E-state index contributed by atoms with van der Waals surface area (Å²) in [5, 5.41) is 15.3. The van der Waals surface area contributed by atoms with Gasteiger partial charge >= 0.3 is 0 Å². The standard InChI is InChI=1S/C27H32BrN8O2P/c1-35-17-18(15-31-35)19-13-22(24(38-2)14-23(19)36-11-9-29-10-12-36)33-27-30-16-20(28)26(34-27)32-21-7-5-6-8-25(21)39(3,4)37/h5-8,13-17,29H,9-12H2,1-4H3,(H2,30,32,33,34). The lowest BCUT2D eigenvalue weighted by Gasteiger charge is -2.31. The number of benzene rings is 2. The monoisotopic (exact) mass is 610 g/mol. The first-order valence-electron chi connectivity index (χ1n) is 12.6. The third-order valence-corrected chi connectivity index (χ3v) is 8.65. The SMILES string of the molecule is COc1cc(N2CCNCC2)c(-c2cnn(C)c2)cc1Nc1ncc(Br)c(Nc2ccccc2P(C)(C)=O)n1. The summed E-state index contributed by atoms with van der Waals surface area (Å²) in [6.07, 6.45) is 5.56. The Kier molecular flexibility index (Phi) is 7.93. The highest BCUT2D eigenvalue weighted by atomic mass is 79.9. The Bertz CT molecular complexity index is 1530. The third-order valence-electron chi connectivity index (χ3n) is 6.52. The average molecular weight is 611 g/mol. The van der Waals surface area contributed by atoms with E-state index in [-0.39, 0.29) is 0 Å². The molecule has 0 spiro atoms. The Labute approximate surface area is 236 Å². The second-order valence-electron chi connectivity index (χ2n) is 9.72. The molecule has 2 aromatic heterocycles. The van der Waals surface area contributed by atoms with Crippen LogP contribution in [-0.4, -0.2) is 66.4 Å². The molecule has 2 aromatic carbocycles. The third kappa shape index (κ3) is 6.11. The lowest BCUT2D eigenvalue weighted by molar-refractivity contribution is 0.416.